The van der Waals surface area contributed by atoms with Gasteiger partial charge in [-0.1, -0.05) is 48.8 Å². The highest BCUT2D eigenvalue weighted by atomic mass is 79.9. The first-order valence-corrected chi connectivity index (χ1v) is 11.7. The normalized spacial score (nSPS) is 23.3. The molecule has 0 amide bonds. The van der Waals surface area contributed by atoms with Crippen molar-refractivity contribution in [3.05, 3.63) is 63.1 Å². The number of methoxy groups -OCH3 is 1. The predicted molar refractivity (Wildman–Crippen MR) is 124 cm³/mol. The fourth-order valence-corrected chi connectivity index (χ4v) is 5.71. The number of ether oxygens (including phenoxy) is 2. The first-order chi connectivity index (χ1) is 14.7. The maximum atomic E-state index is 11.6. The summed E-state index contributed by atoms with van der Waals surface area (Å²) < 4.78 is 13.0. The van der Waals surface area contributed by atoms with Crippen LogP contribution in [-0.2, 0) is 28.0 Å². The van der Waals surface area contributed by atoms with Crippen molar-refractivity contribution < 1.29 is 19.4 Å². The highest BCUT2D eigenvalue weighted by molar-refractivity contribution is 9.10. The van der Waals surface area contributed by atoms with Gasteiger partial charge in [0.15, 0.2) is 0 Å². The maximum absolute atomic E-state index is 11.6. The van der Waals surface area contributed by atoms with E-state index in [-0.39, 0.29) is 22.9 Å². The van der Waals surface area contributed by atoms with Gasteiger partial charge in [-0.05, 0) is 77.6 Å². The molecule has 3 unspecified atom stereocenters. The largest absolute Gasteiger partial charge is 0.489 e. The van der Waals surface area contributed by atoms with Gasteiger partial charge in [-0.3, -0.25) is 4.79 Å². The van der Waals surface area contributed by atoms with E-state index in [1.54, 1.807) is 7.11 Å². The van der Waals surface area contributed by atoms with Gasteiger partial charge in [-0.25, -0.2) is 0 Å². The molecule has 31 heavy (non-hydrogen) atoms. The summed E-state index contributed by atoms with van der Waals surface area (Å²) in [4.78, 5) is 11.6. The third-order valence-electron chi connectivity index (χ3n) is 6.83. The number of benzene rings is 2. The second-order valence-electron chi connectivity index (χ2n) is 10.0. The van der Waals surface area contributed by atoms with Crippen LogP contribution in [0.5, 0.6) is 5.75 Å². The summed E-state index contributed by atoms with van der Waals surface area (Å²) in [5.74, 6) is -0.119. The molecule has 1 saturated carbocycles. The molecule has 166 valence electrons. The maximum Gasteiger partial charge on any atom is 0.307 e. The molecule has 1 N–H and O–H groups in total. The first kappa shape index (κ1) is 22.3. The number of aryl methyl sites for hydroxylation is 1. The van der Waals surface area contributed by atoms with Crippen LogP contribution in [0.25, 0.3) is 0 Å². The highest BCUT2D eigenvalue weighted by Gasteiger charge is 2.60. The molecule has 0 radical (unpaired) electrons. The van der Waals surface area contributed by atoms with E-state index in [9.17, 15) is 9.90 Å². The van der Waals surface area contributed by atoms with E-state index < -0.39 is 5.97 Å². The van der Waals surface area contributed by atoms with Crippen LogP contribution >= 0.6 is 15.9 Å². The molecule has 0 heterocycles. The Morgan fingerprint density at radius 3 is 2.68 bits per heavy atom. The van der Waals surface area contributed by atoms with E-state index >= 15 is 0 Å². The monoisotopic (exact) mass is 486 g/mol. The lowest BCUT2D eigenvalue weighted by Crippen LogP contribution is -2.21. The van der Waals surface area contributed by atoms with Crippen molar-refractivity contribution in [2.75, 3.05) is 7.11 Å². The minimum atomic E-state index is -0.673. The van der Waals surface area contributed by atoms with E-state index in [1.807, 2.05) is 6.07 Å². The SMILES string of the molecule is COC(c1cc(COc2ccc3c(c2)C2(CCC3)CC2C(=O)O)ccc1Br)C(C)(C)C. The molecule has 5 heteroatoms. The van der Waals surface area contributed by atoms with Gasteiger partial charge in [0, 0.05) is 17.0 Å². The Morgan fingerprint density at radius 1 is 1.26 bits per heavy atom. The Morgan fingerprint density at radius 2 is 2.03 bits per heavy atom. The van der Waals surface area contributed by atoms with Gasteiger partial charge < -0.3 is 14.6 Å². The van der Waals surface area contributed by atoms with E-state index in [0.29, 0.717) is 6.61 Å². The molecule has 2 aromatic carbocycles. The van der Waals surface area contributed by atoms with Crippen LogP contribution in [0.3, 0.4) is 0 Å². The van der Waals surface area contributed by atoms with Crippen LogP contribution in [0.1, 0.15) is 68.4 Å². The molecule has 2 aromatic rings. The van der Waals surface area contributed by atoms with E-state index in [4.69, 9.17) is 9.47 Å². The molecule has 1 spiro atoms. The fourth-order valence-electron chi connectivity index (χ4n) is 5.26. The van der Waals surface area contributed by atoms with Crippen LogP contribution in [0, 0.1) is 11.3 Å². The number of carbonyl (C=O) groups is 1. The number of rotatable bonds is 6. The molecule has 2 aliphatic rings. The molecular formula is C26H31BrO4. The molecule has 4 nitrogen and oxygen atoms in total. The summed E-state index contributed by atoms with van der Waals surface area (Å²) in [7, 11) is 1.75. The number of hydrogen-bond acceptors (Lipinski definition) is 3. The van der Waals surface area contributed by atoms with E-state index in [1.165, 1.54) is 11.1 Å². The van der Waals surface area contributed by atoms with Gasteiger partial charge in [0.2, 0.25) is 0 Å². The topological polar surface area (TPSA) is 55.8 Å². The van der Waals surface area contributed by atoms with Crippen LogP contribution in [0.4, 0.5) is 0 Å². The Balaban J connectivity index is 1.54. The number of halogens is 1. The summed E-state index contributed by atoms with van der Waals surface area (Å²) >= 11 is 3.67. The lowest BCUT2D eigenvalue weighted by Gasteiger charge is -2.30. The quantitative estimate of drug-likeness (QED) is 0.510. The summed E-state index contributed by atoms with van der Waals surface area (Å²) in [6.07, 6.45) is 3.76. The number of carboxylic acid groups (broad SMARTS) is 1. The van der Waals surface area contributed by atoms with E-state index in [0.717, 1.165) is 47.0 Å². The van der Waals surface area contributed by atoms with Gasteiger partial charge in [-0.15, -0.1) is 0 Å². The van der Waals surface area contributed by atoms with E-state index in [2.05, 4.69) is 67.0 Å². The van der Waals surface area contributed by atoms with Crippen molar-refractivity contribution in [1.29, 1.82) is 0 Å². The summed E-state index contributed by atoms with van der Waals surface area (Å²) in [5, 5.41) is 9.54. The molecule has 0 bridgehead atoms. The molecule has 1 fully saturated rings. The Hall–Kier alpha value is -1.85. The van der Waals surface area contributed by atoms with Crippen molar-refractivity contribution in [2.24, 2.45) is 11.3 Å². The molecule has 4 rings (SSSR count). The Labute approximate surface area is 193 Å². The summed E-state index contributed by atoms with van der Waals surface area (Å²) in [5.41, 5.74) is 4.44. The van der Waals surface area contributed by atoms with Crippen LogP contribution in [0.15, 0.2) is 40.9 Å². The number of carboxylic acids is 1. The van der Waals surface area contributed by atoms with Gasteiger partial charge in [0.1, 0.15) is 12.4 Å². The van der Waals surface area contributed by atoms with Gasteiger partial charge in [0.25, 0.3) is 0 Å². The summed E-state index contributed by atoms with van der Waals surface area (Å²) in [6, 6.07) is 12.5. The average Bonchev–Trinajstić information content (AvgIpc) is 3.43. The first-order valence-electron chi connectivity index (χ1n) is 11.0. The van der Waals surface area contributed by atoms with Crippen molar-refractivity contribution in [3.63, 3.8) is 0 Å². The van der Waals surface area contributed by atoms with Crippen LogP contribution in [0.2, 0.25) is 0 Å². The second kappa shape index (κ2) is 8.25. The molecule has 0 saturated heterocycles. The van der Waals surface area contributed by atoms with Crippen LogP contribution < -0.4 is 4.74 Å². The zero-order valence-corrected chi connectivity index (χ0v) is 20.3. The molecule has 0 aromatic heterocycles. The summed E-state index contributed by atoms with van der Waals surface area (Å²) in [6.45, 7) is 6.96. The van der Waals surface area contributed by atoms with Crippen molar-refractivity contribution in [1.82, 2.24) is 0 Å². The minimum absolute atomic E-state index is 0.0332. The lowest BCUT2D eigenvalue weighted by atomic mass is 9.78. The predicted octanol–water partition coefficient (Wildman–Crippen LogP) is 6.44. The standard InChI is InChI=1S/C26H31BrO4/c1-25(2,3)23(30-4)19-12-16(7-10-22(19)27)15-31-18-9-8-17-6-5-11-26(20(17)13-18)14-21(26)24(28)29/h7-10,12-13,21,23H,5-6,11,14-15H2,1-4H3,(H,28,29). The molecule has 2 aliphatic carbocycles. The molecule has 0 aliphatic heterocycles. The molecular weight excluding hydrogens is 456 g/mol. The number of aliphatic carboxylic acids is 1. The van der Waals surface area contributed by atoms with Crippen molar-refractivity contribution in [3.8, 4) is 5.75 Å². The Kier molecular flexibility index (Phi) is 5.95. The fraction of sp³-hybridized carbons (Fsp3) is 0.500. The third-order valence-corrected chi connectivity index (χ3v) is 7.55. The van der Waals surface area contributed by atoms with Crippen molar-refractivity contribution >= 4 is 21.9 Å². The lowest BCUT2D eigenvalue weighted by molar-refractivity contribution is -0.139. The second-order valence-corrected chi connectivity index (χ2v) is 10.9. The number of fused-ring (bicyclic) bond motifs is 2. The third kappa shape index (κ3) is 4.27. The Bertz CT molecular complexity index is 993. The van der Waals surface area contributed by atoms with Gasteiger partial charge in [-0.2, -0.15) is 0 Å². The minimum Gasteiger partial charge on any atom is -0.489 e. The molecule has 3 atom stereocenters. The number of hydrogen-bond donors (Lipinski definition) is 1. The van der Waals surface area contributed by atoms with Gasteiger partial charge >= 0.3 is 5.97 Å². The van der Waals surface area contributed by atoms with Gasteiger partial charge in [0.05, 0.1) is 12.0 Å². The highest BCUT2D eigenvalue weighted by Crippen LogP contribution is 2.60. The van der Waals surface area contributed by atoms with Crippen LogP contribution in [-0.4, -0.2) is 18.2 Å². The smallest absolute Gasteiger partial charge is 0.307 e. The average molecular weight is 487 g/mol. The zero-order valence-electron chi connectivity index (χ0n) is 18.7. The zero-order chi connectivity index (χ0) is 22.4. The van der Waals surface area contributed by atoms with Crippen molar-refractivity contribution in [2.45, 2.75) is 64.6 Å².